The Kier molecular flexibility index (Phi) is 4.99. The van der Waals surface area contributed by atoms with Gasteiger partial charge in [0.25, 0.3) is 0 Å². The number of thiazole rings is 1. The molecule has 0 aliphatic rings. The van der Waals surface area contributed by atoms with Gasteiger partial charge >= 0.3 is 5.69 Å². The Morgan fingerprint density at radius 3 is 2.71 bits per heavy atom. The maximum atomic E-state index is 11.3. The highest BCUT2D eigenvalue weighted by molar-refractivity contribution is 7.13. The minimum atomic E-state index is -0.492. The van der Waals surface area contributed by atoms with Crippen molar-refractivity contribution in [3.8, 4) is 0 Å². The van der Waals surface area contributed by atoms with E-state index < -0.39 is 4.92 Å². The molecule has 2 heterocycles. The van der Waals surface area contributed by atoms with Crippen LogP contribution in [0.5, 0.6) is 0 Å². The molecule has 2 N–H and O–H groups in total. The van der Waals surface area contributed by atoms with Gasteiger partial charge in [-0.1, -0.05) is 13.8 Å². The van der Waals surface area contributed by atoms with E-state index in [0.29, 0.717) is 17.6 Å². The van der Waals surface area contributed by atoms with Crippen molar-refractivity contribution in [1.29, 1.82) is 0 Å². The van der Waals surface area contributed by atoms with Crippen molar-refractivity contribution >= 4 is 33.8 Å². The lowest BCUT2D eigenvalue weighted by Gasteiger charge is -2.09. The summed E-state index contributed by atoms with van der Waals surface area (Å²) in [7, 11) is 0. The molecule has 2 rings (SSSR count). The van der Waals surface area contributed by atoms with Crippen molar-refractivity contribution in [2.45, 2.75) is 20.3 Å². The van der Waals surface area contributed by atoms with E-state index in [2.05, 4.69) is 39.4 Å². The molecule has 0 spiro atoms. The molecule has 9 heteroatoms. The summed E-state index contributed by atoms with van der Waals surface area (Å²) in [6.07, 6.45) is 3.80. The lowest BCUT2D eigenvalue weighted by molar-refractivity contribution is -0.383. The maximum Gasteiger partial charge on any atom is 0.353 e. The monoisotopic (exact) mass is 308 g/mol. The molecule has 0 atom stereocenters. The number of hydrogen-bond acceptors (Lipinski definition) is 8. The molecule has 0 aromatic carbocycles. The Labute approximate surface area is 125 Å². The predicted octanol–water partition coefficient (Wildman–Crippen LogP) is 3.04. The first-order valence-corrected chi connectivity index (χ1v) is 7.35. The fraction of sp³-hybridized carbons (Fsp3) is 0.417. The molecule has 0 aliphatic carbocycles. The van der Waals surface area contributed by atoms with Crippen molar-refractivity contribution in [1.82, 2.24) is 15.0 Å². The Hall–Kier alpha value is -2.29. The van der Waals surface area contributed by atoms with E-state index in [1.165, 1.54) is 17.7 Å². The first kappa shape index (κ1) is 15.1. The highest BCUT2D eigenvalue weighted by atomic mass is 32.1. The van der Waals surface area contributed by atoms with Gasteiger partial charge in [-0.2, -0.15) is 0 Å². The van der Waals surface area contributed by atoms with E-state index in [9.17, 15) is 10.1 Å². The van der Waals surface area contributed by atoms with Gasteiger partial charge in [0.1, 0.15) is 6.33 Å². The third-order valence-corrected chi connectivity index (χ3v) is 3.37. The van der Waals surface area contributed by atoms with Crippen LogP contribution in [0.2, 0.25) is 0 Å². The van der Waals surface area contributed by atoms with Crippen LogP contribution in [0.25, 0.3) is 0 Å². The zero-order valence-corrected chi connectivity index (χ0v) is 12.6. The third-order valence-electron chi connectivity index (χ3n) is 2.68. The Morgan fingerprint density at radius 2 is 2.10 bits per heavy atom. The average molecular weight is 308 g/mol. The second kappa shape index (κ2) is 6.93. The number of nitrogens with zero attached hydrogens (tertiary/aromatic N) is 4. The molecule has 0 bridgehead atoms. The van der Waals surface area contributed by atoms with E-state index in [0.717, 1.165) is 6.42 Å². The lowest BCUT2D eigenvalue weighted by Crippen LogP contribution is -2.10. The summed E-state index contributed by atoms with van der Waals surface area (Å²) in [5.41, 5.74) is -0.170. The Balaban J connectivity index is 2.22. The van der Waals surface area contributed by atoms with E-state index in [-0.39, 0.29) is 17.3 Å². The minimum Gasteiger partial charge on any atom is -0.364 e. The van der Waals surface area contributed by atoms with Gasteiger partial charge in [-0.15, -0.1) is 11.3 Å². The first-order valence-electron chi connectivity index (χ1n) is 6.47. The van der Waals surface area contributed by atoms with E-state index >= 15 is 0 Å². The van der Waals surface area contributed by atoms with Gasteiger partial charge in [0, 0.05) is 18.1 Å². The van der Waals surface area contributed by atoms with Crippen LogP contribution < -0.4 is 10.6 Å². The van der Waals surface area contributed by atoms with Crippen LogP contribution in [0.4, 0.5) is 22.5 Å². The van der Waals surface area contributed by atoms with Crippen molar-refractivity contribution in [3.05, 3.63) is 28.0 Å². The van der Waals surface area contributed by atoms with E-state index in [1.54, 1.807) is 11.6 Å². The average Bonchev–Trinajstić information content (AvgIpc) is 2.91. The predicted molar refractivity (Wildman–Crippen MR) is 82.0 cm³/mol. The molecule has 0 fully saturated rings. The molecule has 0 saturated heterocycles. The van der Waals surface area contributed by atoms with Gasteiger partial charge in [-0.05, 0) is 12.3 Å². The normalized spacial score (nSPS) is 10.6. The van der Waals surface area contributed by atoms with Gasteiger partial charge in [0.15, 0.2) is 5.13 Å². The molecular formula is C12H16N6O2S. The standard InChI is InChI=1S/C12H16N6O2S/c1-8(2)3-4-13-10-9(18(19)20)11(16-7-15-10)17-12-14-5-6-21-12/h5-8H,3-4H2,1-2H3,(H2,13,14,15,16,17). The summed E-state index contributed by atoms with van der Waals surface area (Å²) in [6.45, 7) is 4.79. The molecule has 0 saturated carbocycles. The van der Waals surface area contributed by atoms with Crippen LogP contribution in [0.3, 0.4) is 0 Å². The van der Waals surface area contributed by atoms with Gasteiger partial charge in [0.05, 0.1) is 4.92 Å². The van der Waals surface area contributed by atoms with Crippen LogP contribution in [0.1, 0.15) is 20.3 Å². The zero-order valence-electron chi connectivity index (χ0n) is 11.7. The molecule has 112 valence electrons. The fourth-order valence-corrected chi connectivity index (χ4v) is 2.17. The summed E-state index contributed by atoms with van der Waals surface area (Å²) in [6, 6.07) is 0. The van der Waals surface area contributed by atoms with E-state index in [1.807, 2.05) is 0 Å². The van der Waals surface area contributed by atoms with Gasteiger partial charge in [-0.25, -0.2) is 15.0 Å². The highest BCUT2D eigenvalue weighted by Gasteiger charge is 2.23. The van der Waals surface area contributed by atoms with Crippen molar-refractivity contribution in [3.63, 3.8) is 0 Å². The smallest absolute Gasteiger partial charge is 0.353 e. The van der Waals surface area contributed by atoms with Crippen molar-refractivity contribution in [2.75, 3.05) is 17.2 Å². The van der Waals surface area contributed by atoms with E-state index in [4.69, 9.17) is 0 Å². The Morgan fingerprint density at radius 1 is 1.33 bits per heavy atom. The molecule has 0 aliphatic heterocycles. The summed E-state index contributed by atoms with van der Waals surface area (Å²) in [5.74, 6) is 0.859. The van der Waals surface area contributed by atoms with Crippen LogP contribution in [-0.4, -0.2) is 26.4 Å². The van der Waals surface area contributed by atoms with Gasteiger partial charge in [0.2, 0.25) is 11.6 Å². The highest BCUT2D eigenvalue weighted by Crippen LogP contribution is 2.31. The SMILES string of the molecule is CC(C)CCNc1ncnc(Nc2nccs2)c1[N+](=O)[O-]. The number of rotatable bonds is 7. The number of anilines is 3. The fourth-order valence-electron chi connectivity index (χ4n) is 1.64. The number of hydrogen-bond donors (Lipinski definition) is 2. The van der Waals surface area contributed by atoms with Crippen LogP contribution in [0.15, 0.2) is 17.9 Å². The van der Waals surface area contributed by atoms with Crippen LogP contribution >= 0.6 is 11.3 Å². The maximum absolute atomic E-state index is 11.3. The summed E-state index contributed by atoms with van der Waals surface area (Å²) in [5, 5.41) is 19.5. The summed E-state index contributed by atoms with van der Waals surface area (Å²) in [4.78, 5) is 22.7. The molecule has 0 radical (unpaired) electrons. The zero-order chi connectivity index (χ0) is 15.2. The van der Waals surface area contributed by atoms with Crippen LogP contribution in [0, 0.1) is 16.0 Å². The topological polar surface area (TPSA) is 106 Å². The van der Waals surface area contributed by atoms with Gasteiger partial charge in [-0.3, -0.25) is 10.1 Å². The van der Waals surface area contributed by atoms with Crippen molar-refractivity contribution < 1.29 is 4.92 Å². The number of nitro groups is 1. The molecule has 21 heavy (non-hydrogen) atoms. The summed E-state index contributed by atoms with van der Waals surface area (Å²) < 4.78 is 0. The molecule has 2 aromatic rings. The van der Waals surface area contributed by atoms with Crippen LogP contribution in [-0.2, 0) is 0 Å². The van der Waals surface area contributed by atoms with Gasteiger partial charge < -0.3 is 10.6 Å². The first-order chi connectivity index (χ1) is 10.1. The quantitative estimate of drug-likeness (QED) is 0.598. The second-order valence-corrected chi connectivity index (χ2v) is 5.64. The second-order valence-electron chi connectivity index (χ2n) is 4.75. The molecule has 2 aromatic heterocycles. The molecule has 0 amide bonds. The van der Waals surface area contributed by atoms with Crippen molar-refractivity contribution in [2.24, 2.45) is 5.92 Å². The largest absolute Gasteiger partial charge is 0.364 e. The Bertz CT molecular complexity index is 602. The minimum absolute atomic E-state index is 0.136. The molecular weight excluding hydrogens is 292 g/mol. The third kappa shape index (κ3) is 4.09. The molecule has 0 unspecified atom stereocenters. The summed E-state index contributed by atoms with van der Waals surface area (Å²) >= 11 is 1.34. The number of nitrogens with one attached hydrogen (secondary N) is 2. The lowest BCUT2D eigenvalue weighted by atomic mass is 10.1. The number of aromatic nitrogens is 3. The molecule has 8 nitrogen and oxygen atoms in total.